The van der Waals surface area contributed by atoms with E-state index in [2.05, 4.69) is 4.90 Å². The van der Waals surface area contributed by atoms with Crippen LogP contribution < -0.4 is 0 Å². The number of β-amino-alcohol motifs (C(OH)–C–C–N with tert-alkyl or cyclic N) is 1. The number of aliphatic hydroxyl groups is 1. The number of hydrogen-bond donors (Lipinski definition) is 2. The summed E-state index contributed by atoms with van der Waals surface area (Å²) in [4.78, 5) is 12.4. The lowest BCUT2D eigenvalue weighted by Crippen LogP contribution is -2.32. The van der Waals surface area contributed by atoms with Gasteiger partial charge >= 0.3 is 5.97 Å². The molecule has 0 aliphatic carbocycles. The predicted octanol–water partition coefficient (Wildman–Crippen LogP) is -0.210. The Morgan fingerprint density at radius 1 is 1.67 bits per heavy atom. The van der Waals surface area contributed by atoms with Crippen molar-refractivity contribution in [3.8, 4) is 0 Å². The number of aliphatic carboxylic acids is 1. The van der Waals surface area contributed by atoms with Gasteiger partial charge in [-0.1, -0.05) is 0 Å². The molecule has 0 saturated carbocycles. The van der Waals surface area contributed by atoms with E-state index >= 15 is 0 Å². The number of carboxylic acids is 1. The first-order valence-electron chi connectivity index (χ1n) is 5.23. The zero-order valence-electron chi connectivity index (χ0n) is 9.06. The fraction of sp³-hybridized carbons (Fsp3) is 0.900. The molecule has 2 N–H and O–H groups in total. The number of methoxy groups -OCH3 is 1. The van der Waals surface area contributed by atoms with Crippen molar-refractivity contribution >= 4 is 5.97 Å². The number of likely N-dealkylation sites (tertiary alicyclic amines) is 1. The van der Waals surface area contributed by atoms with Crippen molar-refractivity contribution in [2.45, 2.75) is 18.9 Å². The number of aliphatic hydroxyl groups excluding tert-OH is 1. The SMILES string of the molecule is COCC1CCN(CC(O)CC(=O)O)C1. The molecule has 0 bridgehead atoms. The summed E-state index contributed by atoms with van der Waals surface area (Å²) >= 11 is 0. The van der Waals surface area contributed by atoms with Gasteiger partial charge in [0, 0.05) is 20.2 Å². The van der Waals surface area contributed by atoms with Gasteiger partial charge in [0.05, 0.1) is 19.1 Å². The van der Waals surface area contributed by atoms with Crippen LogP contribution in [0.25, 0.3) is 0 Å². The molecular formula is C10H19NO4. The van der Waals surface area contributed by atoms with Gasteiger partial charge in [-0.25, -0.2) is 0 Å². The van der Waals surface area contributed by atoms with Gasteiger partial charge in [0.2, 0.25) is 0 Å². The van der Waals surface area contributed by atoms with Crippen molar-refractivity contribution < 1.29 is 19.7 Å². The minimum absolute atomic E-state index is 0.175. The second-order valence-electron chi connectivity index (χ2n) is 4.12. The Bertz CT molecular complexity index is 210. The van der Waals surface area contributed by atoms with Crippen molar-refractivity contribution in [2.75, 3.05) is 33.4 Å². The first-order chi connectivity index (χ1) is 7.11. The van der Waals surface area contributed by atoms with Gasteiger partial charge < -0.3 is 19.8 Å². The van der Waals surface area contributed by atoms with Crippen molar-refractivity contribution in [3.63, 3.8) is 0 Å². The van der Waals surface area contributed by atoms with Gasteiger partial charge in [0.1, 0.15) is 0 Å². The Labute approximate surface area is 89.6 Å². The zero-order valence-corrected chi connectivity index (χ0v) is 9.06. The average molecular weight is 217 g/mol. The van der Waals surface area contributed by atoms with E-state index in [1.54, 1.807) is 7.11 Å². The number of rotatable bonds is 6. The number of carboxylic acid groups (broad SMARTS) is 1. The molecule has 1 saturated heterocycles. The van der Waals surface area contributed by atoms with E-state index in [1.807, 2.05) is 0 Å². The smallest absolute Gasteiger partial charge is 0.306 e. The predicted molar refractivity (Wildman–Crippen MR) is 54.7 cm³/mol. The van der Waals surface area contributed by atoms with Crippen LogP contribution in [0.15, 0.2) is 0 Å². The molecule has 0 amide bonds. The molecule has 15 heavy (non-hydrogen) atoms. The molecule has 1 aliphatic heterocycles. The maximum Gasteiger partial charge on any atom is 0.306 e. The second kappa shape index (κ2) is 6.05. The summed E-state index contributed by atoms with van der Waals surface area (Å²) in [5.74, 6) is -0.429. The Balaban J connectivity index is 2.20. The van der Waals surface area contributed by atoms with Gasteiger partial charge in [-0.3, -0.25) is 4.79 Å². The standard InChI is InChI=1S/C10H19NO4/c1-15-7-8-2-3-11(5-8)6-9(12)4-10(13)14/h8-9,12H,2-7H2,1H3,(H,13,14). The molecule has 0 radical (unpaired) electrons. The lowest BCUT2D eigenvalue weighted by Gasteiger charge is -2.18. The van der Waals surface area contributed by atoms with Crippen LogP contribution in [0.4, 0.5) is 0 Å². The van der Waals surface area contributed by atoms with Crippen LogP contribution in [0, 0.1) is 5.92 Å². The van der Waals surface area contributed by atoms with Crippen LogP contribution in [-0.2, 0) is 9.53 Å². The Morgan fingerprint density at radius 3 is 3.00 bits per heavy atom. The van der Waals surface area contributed by atoms with E-state index < -0.39 is 12.1 Å². The number of ether oxygens (including phenoxy) is 1. The summed E-state index contributed by atoms with van der Waals surface area (Å²) in [6.45, 7) is 3.01. The molecule has 0 aromatic heterocycles. The average Bonchev–Trinajstić information content (AvgIpc) is 2.51. The molecule has 88 valence electrons. The van der Waals surface area contributed by atoms with Crippen molar-refractivity contribution in [3.05, 3.63) is 0 Å². The number of nitrogens with zero attached hydrogens (tertiary/aromatic N) is 1. The van der Waals surface area contributed by atoms with Crippen molar-refractivity contribution in [1.29, 1.82) is 0 Å². The van der Waals surface area contributed by atoms with Crippen LogP contribution in [-0.4, -0.2) is 60.5 Å². The van der Waals surface area contributed by atoms with Crippen molar-refractivity contribution in [1.82, 2.24) is 4.90 Å². The molecule has 1 heterocycles. The van der Waals surface area contributed by atoms with Crippen LogP contribution in [0.2, 0.25) is 0 Å². The zero-order chi connectivity index (χ0) is 11.3. The molecular weight excluding hydrogens is 198 g/mol. The molecule has 1 rings (SSSR count). The fourth-order valence-corrected chi connectivity index (χ4v) is 2.01. The minimum atomic E-state index is -0.949. The first-order valence-corrected chi connectivity index (χ1v) is 5.23. The van der Waals surface area contributed by atoms with E-state index in [0.717, 1.165) is 26.1 Å². The van der Waals surface area contributed by atoms with Crippen LogP contribution in [0.1, 0.15) is 12.8 Å². The summed E-state index contributed by atoms with van der Waals surface area (Å²) in [5, 5.41) is 17.9. The third-order valence-electron chi connectivity index (χ3n) is 2.65. The van der Waals surface area contributed by atoms with Crippen LogP contribution in [0.3, 0.4) is 0 Å². The quantitative estimate of drug-likeness (QED) is 0.644. The highest BCUT2D eigenvalue weighted by Gasteiger charge is 2.24. The molecule has 1 fully saturated rings. The van der Waals surface area contributed by atoms with Crippen LogP contribution >= 0.6 is 0 Å². The minimum Gasteiger partial charge on any atom is -0.481 e. The Kier molecular flexibility index (Phi) is 5.01. The third-order valence-corrected chi connectivity index (χ3v) is 2.65. The largest absolute Gasteiger partial charge is 0.481 e. The summed E-state index contributed by atoms with van der Waals surface area (Å²) < 4.78 is 5.06. The maximum atomic E-state index is 10.4. The topological polar surface area (TPSA) is 70.0 Å². The first kappa shape index (κ1) is 12.4. The van der Waals surface area contributed by atoms with Gasteiger partial charge in [-0.05, 0) is 18.9 Å². The maximum absolute atomic E-state index is 10.4. The summed E-state index contributed by atoms with van der Waals surface area (Å²) in [7, 11) is 1.68. The molecule has 0 spiro atoms. The number of hydrogen-bond acceptors (Lipinski definition) is 4. The highest BCUT2D eigenvalue weighted by Crippen LogP contribution is 2.16. The second-order valence-corrected chi connectivity index (χ2v) is 4.12. The molecule has 2 unspecified atom stereocenters. The summed E-state index contributed by atoms with van der Waals surface area (Å²) in [6.07, 6.45) is 0.128. The van der Waals surface area contributed by atoms with E-state index in [9.17, 15) is 9.90 Å². The summed E-state index contributed by atoms with van der Waals surface area (Å²) in [5.41, 5.74) is 0. The van der Waals surface area contributed by atoms with E-state index in [-0.39, 0.29) is 6.42 Å². The highest BCUT2D eigenvalue weighted by molar-refractivity contribution is 5.67. The van der Waals surface area contributed by atoms with Gasteiger partial charge in [-0.2, -0.15) is 0 Å². The molecule has 5 heteroatoms. The molecule has 5 nitrogen and oxygen atoms in total. The highest BCUT2D eigenvalue weighted by atomic mass is 16.5. The molecule has 0 aromatic rings. The van der Waals surface area contributed by atoms with Gasteiger partial charge in [0.15, 0.2) is 0 Å². The van der Waals surface area contributed by atoms with E-state index in [1.165, 1.54) is 0 Å². The van der Waals surface area contributed by atoms with E-state index in [0.29, 0.717) is 12.5 Å². The van der Waals surface area contributed by atoms with Gasteiger partial charge in [0.25, 0.3) is 0 Å². The number of carbonyl (C=O) groups is 1. The summed E-state index contributed by atoms with van der Waals surface area (Å²) in [6, 6.07) is 0. The van der Waals surface area contributed by atoms with Crippen LogP contribution in [0.5, 0.6) is 0 Å². The Hall–Kier alpha value is -0.650. The monoisotopic (exact) mass is 217 g/mol. The van der Waals surface area contributed by atoms with Crippen molar-refractivity contribution in [2.24, 2.45) is 5.92 Å². The molecule has 1 aliphatic rings. The fourth-order valence-electron chi connectivity index (χ4n) is 2.01. The lowest BCUT2D eigenvalue weighted by atomic mass is 10.1. The van der Waals surface area contributed by atoms with E-state index in [4.69, 9.17) is 9.84 Å². The van der Waals surface area contributed by atoms with Gasteiger partial charge in [-0.15, -0.1) is 0 Å². The Morgan fingerprint density at radius 2 is 2.40 bits per heavy atom. The normalized spacial score (nSPS) is 24.3. The molecule has 0 aromatic carbocycles. The lowest BCUT2D eigenvalue weighted by molar-refractivity contribution is -0.139. The third kappa shape index (κ3) is 4.59. The molecule has 2 atom stereocenters.